The summed E-state index contributed by atoms with van der Waals surface area (Å²) in [5.74, 6) is -1.62. The molecule has 0 fully saturated rings. The second kappa shape index (κ2) is 5.04. The van der Waals surface area contributed by atoms with E-state index >= 15 is 0 Å². The van der Waals surface area contributed by atoms with Crippen molar-refractivity contribution in [2.24, 2.45) is 0 Å². The van der Waals surface area contributed by atoms with Gasteiger partial charge in [-0.05, 0) is 36.4 Å². The maximum atomic E-state index is 13.0. The van der Waals surface area contributed by atoms with Crippen LogP contribution in [0.15, 0.2) is 36.4 Å². The fourth-order valence-electron chi connectivity index (χ4n) is 1.44. The van der Waals surface area contributed by atoms with E-state index < -0.39 is 17.4 Å². The minimum Gasteiger partial charge on any atom is -0.289 e. The molecular formula is C13H6Cl2F2O. The van der Waals surface area contributed by atoms with Crippen molar-refractivity contribution in [1.29, 1.82) is 0 Å². The summed E-state index contributed by atoms with van der Waals surface area (Å²) < 4.78 is 25.9. The number of hydrogen-bond acceptors (Lipinski definition) is 1. The fourth-order valence-corrected chi connectivity index (χ4v) is 1.80. The first-order valence-corrected chi connectivity index (χ1v) is 5.69. The Morgan fingerprint density at radius 2 is 1.22 bits per heavy atom. The van der Waals surface area contributed by atoms with Crippen LogP contribution in [-0.2, 0) is 0 Å². The quantitative estimate of drug-likeness (QED) is 0.743. The van der Waals surface area contributed by atoms with Crippen LogP contribution in [0, 0.1) is 11.6 Å². The average Bonchev–Trinajstić information content (AvgIpc) is 2.35. The zero-order valence-electron chi connectivity index (χ0n) is 8.88. The lowest BCUT2D eigenvalue weighted by Crippen LogP contribution is -2.02. The summed E-state index contributed by atoms with van der Waals surface area (Å²) in [7, 11) is 0. The number of carbonyl (C=O) groups excluding carboxylic acids is 1. The van der Waals surface area contributed by atoms with Crippen molar-refractivity contribution < 1.29 is 13.6 Å². The standard InChI is InChI=1S/C13H6Cl2F2O/c14-9-5-7(1-3-11(9)16)13(18)8-2-4-12(17)10(15)6-8/h1-6H. The van der Waals surface area contributed by atoms with Crippen molar-refractivity contribution in [3.8, 4) is 0 Å². The van der Waals surface area contributed by atoms with E-state index in [0.29, 0.717) is 0 Å². The third kappa shape index (κ3) is 2.52. The van der Waals surface area contributed by atoms with E-state index in [1.54, 1.807) is 0 Å². The maximum Gasteiger partial charge on any atom is 0.193 e. The Bertz CT molecular complexity index is 573. The van der Waals surface area contributed by atoms with E-state index in [1.807, 2.05) is 0 Å². The monoisotopic (exact) mass is 286 g/mol. The molecule has 0 aromatic heterocycles. The molecule has 0 saturated carbocycles. The Labute approximate surface area is 112 Å². The van der Waals surface area contributed by atoms with Crippen molar-refractivity contribution in [3.05, 3.63) is 69.2 Å². The third-order valence-electron chi connectivity index (χ3n) is 2.36. The molecule has 92 valence electrons. The Morgan fingerprint density at radius 3 is 1.56 bits per heavy atom. The zero-order chi connectivity index (χ0) is 13.3. The van der Waals surface area contributed by atoms with E-state index in [4.69, 9.17) is 23.2 Å². The van der Waals surface area contributed by atoms with Gasteiger partial charge in [0.25, 0.3) is 0 Å². The second-order valence-corrected chi connectivity index (χ2v) is 4.40. The number of benzene rings is 2. The van der Waals surface area contributed by atoms with E-state index in [1.165, 1.54) is 24.3 Å². The topological polar surface area (TPSA) is 17.1 Å². The van der Waals surface area contributed by atoms with Gasteiger partial charge in [-0.25, -0.2) is 8.78 Å². The van der Waals surface area contributed by atoms with Crippen LogP contribution in [-0.4, -0.2) is 5.78 Å². The van der Waals surface area contributed by atoms with Gasteiger partial charge in [0.05, 0.1) is 10.0 Å². The molecule has 0 spiro atoms. The molecule has 0 aliphatic rings. The summed E-state index contributed by atoms with van der Waals surface area (Å²) in [6.45, 7) is 0. The Kier molecular flexibility index (Phi) is 3.64. The van der Waals surface area contributed by atoms with Crippen molar-refractivity contribution in [2.45, 2.75) is 0 Å². The summed E-state index contributed by atoms with van der Waals surface area (Å²) in [6.07, 6.45) is 0. The van der Waals surface area contributed by atoms with Crippen molar-refractivity contribution in [2.75, 3.05) is 0 Å². The largest absolute Gasteiger partial charge is 0.289 e. The molecule has 0 atom stereocenters. The summed E-state index contributed by atoms with van der Waals surface area (Å²) in [5.41, 5.74) is 0.424. The third-order valence-corrected chi connectivity index (χ3v) is 2.94. The molecule has 18 heavy (non-hydrogen) atoms. The molecule has 2 rings (SSSR count). The summed E-state index contributed by atoms with van der Waals surface area (Å²) >= 11 is 11.2. The smallest absolute Gasteiger partial charge is 0.193 e. The molecule has 2 aromatic carbocycles. The molecule has 0 heterocycles. The minimum atomic E-state index is -0.606. The van der Waals surface area contributed by atoms with Gasteiger partial charge < -0.3 is 0 Å². The predicted molar refractivity (Wildman–Crippen MR) is 66.3 cm³/mol. The number of ketones is 1. The molecule has 1 nitrogen and oxygen atoms in total. The Hall–Kier alpha value is -1.45. The van der Waals surface area contributed by atoms with E-state index in [2.05, 4.69) is 0 Å². The zero-order valence-corrected chi connectivity index (χ0v) is 10.4. The Balaban J connectivity index is 2.41. The molecule has 2 aromatic rings. The first-order chi connectivity index (χ1) is 8.49. The van der Waals surface area contributed by atoms with Crippen LogP contribution in [0.2, 0.25) is 10.0 Å². The minimum absolute atomic E-state index is 0.144. The number of rotatable bonds is 2. The van der Waals surface area contributed by atoms with Crippen LogP contribution < -0.4 is 0 Å². The van der Waals surface area contributed by atoms with Crippen molar-refractivity contribution >= 4 is 29.0 Å². The molecule has 0 radical (unpaired) electrons. The molecule has 0 aliphatic heterocycles. The highest BCUT2D eigenvalue weighted by Crippen LogP contribution is 2.21. The lowest BCUT2D eigenvalue weighted by atomic mass is 10.0. The van der Waals surface area contributed by atoms with Crippen LogP contribution in [0.25, 0.3) is 0 Å². The van der Waals surface area contributed by atoms with Gasteiger partial charge in [0.2, 0.25) is 0 Å². The van der Waals surface area contributed by atoms with Crippen LogP contribution in [0.5, 0.6) is 0 Å². The van der Waals surface area contributed by atoms with E-state index in [-0.39, 0.29) is 21.2 Å². The number of carbonyl (C=O) groups is 1. The van der Waals surface area contributed by atoms with Gasteiger partial charge in [0, 0.05) is 11.1 Å². The maximum absolute atomic E-state index is 13.0. The van der Waals surface area contributed by atoms with Crippen LogP contribution in [0.3, 0.4) is 0 Å². The van der Waals surface area contributed by atoms with Gasteiger partial charge >= 0.3 is 0 Å². The van der Waals surface area contributed by atoms with Crippen molar-refractivity contribution in [1.82, 2.24) is 0 Å². The second-order valence-electron chi connectivity index (χ2n) is 3.59. The first-order valence-electron chi connectivity index (χ1n) is 4.94. The highest BCUT2D eigenvalue weighted by atomic mass is 35.5. The van der Waals surface area contributed by atoms with Gasteiger partial charge in [-0.3, -0.25) is 4.79 Å². The van der Waals surface area contributed by atoms with Crippen LogP contribution >= 0.6 is 23.2 Å². The van der Waals surface area contributed by atoms with Gasteiger partial charge in [-0.2, -0.15) is 0 Å². The Morgan fingerprint density at radius 1 is 0.833 bits per heavy atom. The fraction of sp³-hybridized carbons (Fsp3) is 0. The van der Waals surface area contributed by atoms with Gasteiger partial charge in [0.1, 0.15) is 11.6 Å². The van der Waals surface area contributed by atoms with E-state index in [0.717, 1.165) is 12.1 Å². The highest BCUT2D eigenvalue weighted by molar-refractivity contribution is 6.32. The molecule has 0 bridgehead atoms. The van der Waals surface area contributed by atoms with Gasteiger partial charge in [-0.1, -0.05) is 23.2 Å². The van der Waals surface area contributed by atoms with Crippen LogP contribution in [0.1, 0.15) is 15.9 Å². The van der Waals surface area contributed by atoms with Gasteiger partial charge in [-0.15, -0.1) is 0 Å². The lowest BCUT2D eigenvalue weighted by Gasteiger charge is -2.03. The number of hydrogen-bond donors (Lipinski definition) is 0. The molecule has 0 unspecified atom stereocenters. The highest BCUT2D eigenvalue weighted by Gasteiger charge is 2.13. The molecular weight excluding hydrogens is 281 g/mol. The summed E-state index contributed by atoms with van der Waals surface area (Å²) in [6, 6.07) is 7.25. The van der Waals surface area contributed by atoms with E-state index in [9.17, 15) is 13.6 Å². The summed E-state index contributed by atoms with van der Waals surface area (Å²) in [4.78, 5) is 12.0. The van der Waals surface area contributed by atoms with Crippen LogP contribution in [0.4, 0.5) is 8.78 Å². The normalized spacial score (nSPS) is 10.4. The molecule has 5 heteroatoms. The summed E-state index contributed by atoms with van der Waals surface area (Å²) in [5, 5.41) is -0.289. The molecule has 0 saturated heterocycles. The predicted octanol–water partition coefficient (Wildman–Crippen LogP) is 4.50. The van der Waals surface area contributed by atoms with Crippen molar-refractivity contribution in [3.63, 3.8) is 0 Å². The average molecular weight is 287 g/mol. The lowest BCUT2D eigenvalue weighted by molar-refractivity contribution is 0.103. The van der Waals surface area contributed by atoms with Gasteiger partial charge in [0.15, 0.2) is 5.78 Å². The number of halogens is 4. The molecule has 0 N–H and O–H groups in total. The molecule has 0 aliphatic carbocycles. The SMILES string of the molecule is O=C(c1ccc(F)c(Cl)c1)c1ccc(F)c(Cl)c1. The molecule has 0 amide bonds. The first kappa shape index (κ1) is 13.0.